The molecule has 2 rings (SSSR count). The van der Waals surface area contributed by atoms with E-state index in [0.29, 0.717) is 31.1 Å². The Bertz CT molecular complexity index is 545. The van der Waals surface area contributed by atoms with Gasteiger partial charge in [0.1, 0.15) is 0 Å². The van der Waals surface area contributed by atoms with Gasteiger partial charge in [0.05, 0.1) is 11.5 Å². The number of ether oxygens (including phenoxy) is 1. The summed E-state index contributed by atoms with van der Waals surface area (Å²) >= 11 is 0. The summed E-state index contributed by atoms with van der Waals surface area (Å²) in [6, 6.07) is 7.12. The Kier molecular flexibility index (Phi) is 5.58. The number of rotatable bonds is 7. The van der Waals surface area contributed by atoms with E-state index in [4.69, 9.17) is 4.74 Å². The minimum Gasteiger partial charge on any atom is -0.383 e. The maximum atomic E-state index is 12.5. The quantitative estimate of drug-likeness (QED) is 0.726. The molecule has 6 nitrogen and oxygen atoms in total. The normalized spacial score (nSPS) is 19.8. The van der Waals surface area contributed by atoms with E-state index in [-0.39, 0.29) is 6.04 Å². The number of hydrogen-bond acceptors (Lipinski definition) is 5. The summed E-state index contributed by atoms with van der Waals surface area (Å²) in [6.07, 6.45) is 0.854. The van der Waals surface area contributed by atoms with Crippen LogP contribution in [0, 0.1) is 0 Å². The van der Waals surface area contributed by atoms with Crippen LogP contribution in [-0.4, -0.2) is 59.2 Å². The smallest absolute Gasteiger partial charge is 0.243 e. The number of sulfonamides is 1. The Morgan fingerprint density at radius 3 is 2.62 bits per heavy atom. The highest BCUT2D eigenvalue weighted by Gasteiger charge is 2.31. The molecule has 0 aliphatic carbocycles. The molecule has 0 saturated carbocycles. The van der Waals surface area contributed by atoms with Crippen molar-refractivity contribution in [3.8, 4) is 0 Å². The van der Waals surface area contributed by atoms with Crippen LogP contribution in [0.2, 0.25) is 0 Å². The van der Waals surface area contributed by atoms with E-state index in [9.17, 15) is 8.42 Å². The molecule has 1 aliphatic heterocycles. The van der Waals surface area contributed by atoms with Crippen LogP contribution in [0.15, 0.2) is 29.2 Å². The zero-order chi connectivity index (χ0) is 15.3. The highest BCUT2D eigenvalue weighted by molar-refractivity contribution is 7.89. The van der Waals surface area contributed by atoms with Crippen molar-refractivity contribution in [2.24, 2.45) is 0 Å². The van der Waals surface area contributed by atoms with Crippen molar-refractivity contribution in [3.63, 3.8) is 0 Å². The average Bonchev–Trinajstić information content (AvgIpc) is 2.98. The fourth-order valence-electron chi connectivity index (χ4n) is 2.37. The lowest BCUT2D eigenvalue weighted by Gasteiger charge is -2.17. The summed E-state index contributed by atoms with van der Waals surface area (Å²) in [5.41, 5.74) is 0.889. The zero-order valence-electron chi connectivity index (χ0n) is 12.5. The van der Waals surface area contributed by atoms with Crippen LogP contribution in [0.3, 0.4) is 0 Å². The lowest BCUT2D eigenvalue weighted by atomic mass is 10.3. The molecular weight excluding hydrogens is 290 g/mol. The fraction of sp³-hybridized carbons (Fsp3) is 0.571. The summed E-state index contributed by atoms with van der Waals surface area (Å²) in [6.45, 7) is 2.41. The first kappa shape index (κ1) is 16.2. The van der Waals surface area contributed by atoms with E-state index in [0.717, 1.165) is 12.1 Å². The van der Waals surface area contributed by atoms with E-state index in [1.54, 1.807) is 35.7 Å². The van der Waals surface area contributed by atoms with Crippen molar-refractivity contribution in [2.45, 2.75) is 17.4 Å². The summed E-state index contributed by atoms with van der Waals surface area (Å²) in [5.74, 6) is 0. The van der Waals surface area contributed by atoms with E-state index >= 15 is 0 Å². The molecule has 2 N–H and O–H groups in total. The van der Waals surface area contributed by atoms with Gasteiger partial charge in [-0.15, -0.1) is 0 Å². The number of methoxy groups -OCH3 is 1. The second-order valence-electron chi connectivity index (χ2n) is 5.08. The Balaban J connectivity index is 2.03. The number of hydrogen-bond donors (Lipinski definition) is 2. The predicted octanol–water partition coefficient (Wildman–Crippen LogP) is 0.727. The maximum Gasteiger partial charge on any atom is 0.243 e. The van der Waals surface area contributed by atoms with Gasteiger partial charge in [-0.25, -0.2) is 8.42 Å². The first-order valence-electron chi connectivity index (χ1n) is 7.08. The number of likely N-dealkylation sites (N-methyl/N-ethyl adjacent to an activating group) is 1. The van der Waals surface area contributed by atoms with Gasteiger partial charge in [0.15, 0.2) is 0 Å². The highest BCUT2D eigenvalue weighted by atomic mass is 32.2. The maximum absolute atomic E-state index is 12.5. The second-order valence-corrected chi connectivity index (χ2v) is 7.02. The lowest BCUT2D eigenvalue weighted by molar-refractivity contribution is 0.211. The molecule has 1 aromatic carbocycles. The van der Waals surface area contributed by atoms with Crippen LogP contribution < -0.4 is 10.6 Å². The van der Waals surface area contributed by atoms with Gasteiger partial charge in [-0.3, -0.25) is 0 Å². The molecule has 1 aliphatic rings. The molecule has 1 saturated heterocycles. The third-order valence-electron chi connectivity index (χ3n) is 3.69. The molecule has 0 spiro atoms. The van der Waals surface area contributed by atoms with Crippen LogP contribution in [0.25, 0.3) is 0 Å². The van der Waals surface area contributed by atoms with Gasteiger partial charge < -0.3 is 15.4 Å². The molecule has 0 amide bonds. The summed E-state index contributed by atoms with van der Waals surface area (Å²) in [4.78, 5) is 0.344. The van der Waals surface area contributed by atoms with Crippen LogP contribution >= 0.6 is 0 Å². The number of anilines is 1. The van der Waals surface area contributed by atoms with Gasteiger partial charge in [-0.05, 0) is 37.7 Å². The van der Waals surface area contributed by atoms with Crippen molar-refractivity contribution in [2.75, 3.05) is 45.7 Å². The van der Waals surface area contributed by atoms with Gasteiger partial charge in [-0.2, -0.15) is 4.31 Å². The topological polar surface area (TPSA) is 70.7 Å². The molecule has 1 unspecified atom stereocenters. The van der Waals surface area contributed by atoms with Crippen LogP contribution in [-0.2, 0) is 14.8 Å². The zero-order valence-corrected chi connectivity index (χ0v) is 13.3. The standard InChI is InChI=1S/C14H23N3O3S/c1-15-13-7-9-17(11-13)21(18,19)14-5-3-12(4-6-14)16-8-10-20-2/h3-6,13,15-16H,7-11H2,1-2H3. The molecule has 0 radical (unpaired) electrons. The molecule has 1 aromatic rings. The monoisotopic (exact) mass is 313 g/mol. The Morgan fingerprint density at radius 2 is 2.05 bits per heavy atom. The summed E-state index contributed by atoms with van der Waals surface area (Å²) in [5, 5.41) is 6.29. The number of nitrogens with one attached hydrogen (secondary N) is 2. The van der Waals surface area contributed by atoms with E-state index < -0.39 is 10.0 Å². The first-order valence-corrected chi connectivity index (χ1v) is 8.52. The fourth-order valence-corrected chi connectivity index (χ4v) is 3.87. The Hall–Kier alpha value is -1.15. The lowest BCUT2D eigenvalue weighted by Crippen LogP contribution is -2.33. The van der Waals surface area contributed by atoms with Crippen molar-refractivity contribution in [1.29, 1.82) is 0 Å². The summed E-state index contributed by atoms with van der Waals surface area (Å²) in [7, 11) is 0.124. The molecule has 7 heteroatoms. The predicted molar refractivity (Wildman–Crippen MR) is 83.0 cm³/mol. The van der Waals surface area contributed by atoms with Crippen molar-refractivity contribution >= 4 is 15.7 Å². The van der Waals surface area contributed by atoms with Gasteiger partial charge in [0.25, 0.3) is 0 Å². The highest BCUT2D eigenvalue weighted by Crippen LogP contribution is 2.22. The third-order valence-corrected chi connectivity index (χ3v) is 5.57. The van der Waals surface area contributed by atoms with Crippen molar-refractivity contribution in [1.82, 2.24) is 9.62 Å². The van der Waals surface area contributed by atoms with Crippen LogP contribution in [0.1, 0.15) is 6.42 Å². The molecule has 1 atom stereocenters. The Morgan fingerprint density at radius 1 is 1.33 bits per heavy atom. The first-order chi connectivity index (χ1) is 10.1. The van der Waals surface area contributed by atoms with Gasteiger partial charge in [-0.1, -0.05) is 0 Å². The average molecular weight is 313 g/mol. The molecule has 0 bridgehead atoms. The minimum atomic E-state index is -3.38. The number of benzene rings is 1. The van der Waals surface area contributed by atoms with Crippen molar-refractivity contribution in [3.05, 3.63) is 24.3 Å². The van der Waals surface area contributed by atoms with Crippen LogP contribution in [0.5, 0.6) is 0 Å². The van der Waals surface area contributed by atoms with Crippen molar-refractivity contribution < 1.29 is 13.2 Å². The minimum absolute atomic E-state index is 0.245. The number of nitrogens with zero attached hydrogens (tertiary/aromatic N) is 1. The second kappa shape index (κ2) is 7.22. The third kappa shape index (κ3) is 3.94. The van der Waals surface area contributed by atoms with Gasteiger partial charge in [0, 0.05) is 38.5 Å². The molecular formula is C14H23N3O3S. The molecule has 1 heterocycles. The van der Waals surface area contributed by atoms with Gasteiger partial charge in [0.2, 0.25) is 10.0 Å². The molecule has 118 valence electrons. The van der Waals surface area contributed by atoms with Gasteiger partial charge >= 0.3 is 0 Å². The largest absolute Gasteiger partial charge is 0.383 e. The molecule has 0 aromatic heterocycles. The van der Waals surface area contributed by atoms with E-state index in [1.807, 2.05) is 7.05 Å². The Labute approximate surface area is 126 Å². The van der Waals surface area contributed by atoms with E-state index in [1.165, 1.54) is 0 Å². The molecule has 21 heavy (non-hydrogen) atoms. The van der Waals surface area contributed by atoms with Crippen LogP contribution in [0.4, 0.5) is 5.69 Å². The van der Waals surface area contributed by atoms with E-state index in [2.05, 4.69) is 10.6 Å². The summed E-state index contributed by atoms with van der Waals surface area (Å²) < 4.78 is 31.6. The SMILES string of the molecule is CNC1CCN(S(=O)(=O)c2ccc(NCCOC)cc2)C1. The molecule has 1 fully saturated rings.